The van der Waals surface area contributed by atoms with Crippen molar-refractivity contribution in [3.63, 3.8) is 0 Å². The molecule has 0 aliphatic carbocycles. The number of anilines is 3. The van der Waals surface area contributed by atoms with Crippen LogP contribution in [-0.2, 0) is 11.2 Å². The second-order valence-corrected chi connectivity index (χ2v) is 7.37. The van der Waals surface area contributed by atoms with Crippen LogP contribution in [0.3, 0.4) is 0 Å². The van der Waals surface area contributed by atoms with Crippen LogP contribution in [0.15, 0.2) is 72.8 Å². The highest BCUT2D eigenvalue weighted by Gasteiger charge is 1.98. The predicted molar refractivity (Wildman–Crippen MR) is 141 cm³/mol. The summed E-state index contributed by atoms with van der Waals surface area (Å²) in [6.45, 7) is 2.30. The van der Waals surface area contributed by atoms with Crippen LogP contribution in [0.2, 0.25) is 0 Å². The lowest BCUT2D eigenvalue weighted by Crippen LogP contribution is -1.95. The Labute approximate surface area is 205 Å². The van der Waals surface area contributed by atoms with Crippen molar-refractivity contribution < 1.29 is 24.9 Å². The van der Waals surface area contributed by atoms with E-state index in [0.29, 0.717) is 11.4 Å². The van der Waals surface area contributed by atoms with Gasteiger partial charge in [0.25, 0.3) is 0 Å². The maximum absolute atomic E-state index is 10.3. The summed E-state index contributed by atoms with van der Waals surface area (Å²) in [5.74, 6) is -1.29. The summed E-state index contributed by atoms with van der Waals surface area (Å²) in [6, 6.07) is 21.4. The average molecular weight is 488 g/mol. The Bertz CT molecular complexity index is 942. The van der Waals surface area contributed by atoms with Gasteiger partial charge in [0.1, 0.15) is 0 Å². The number of hydrogen-bond donors (Lipinski definition) is 7. The number of aliphatic hydroxyl groups is 1. The number of nitrogens with two attached hydrogens (primary N) is 3. The number of aromatic carboxylic acids is 1. The van der Waals surface area contributed by atoms with E-state index >= 15 is 0 Å². The molecule has 9 N–H and O–H groups in total. The van der Waals surface area contributed by atoms with Crippen molar-refractivity contribution in [1.29, 1.82) is 0 Å². The van der Waals surface area contributed by atoms with Gasteiger partial charge >= 0.3 is 11.9 Å². The second kappa shape index (κ2) is 17.8. The number of aryl methyl sites for hydroxylation is 1. The lowest BCUT2D eigenvalue weighted by molar-refractivity contribution is -0.136. The average Bonchev–Trinajstić information content (AvgIpc) is 2.79. The summed E-state index contributed by atoms with van der Waals surface area (Å²) in [5, 5.41) is 24.9. The summed E-state index contributed by atoms with van der Waals surface area (Å²) in [4.78, 5) is 19.8. The molecule has 0 heterocycles. The molecule has 0 atom stereocenters. The first-order valence-corrected chi connectivity index (χ1v) is 10.9. The zero-order valence-electron chi connectivity index (χ0n) is 19.1. The summed E-state index contributed by atoms with van der Waals surface area (Å²) >= 11 is 3.68. The Morgan fingerprint density at radius 2 is 1.18 bits per heavy atom. The van der Waals surface area contributed by atoms with E-state index in [2.05, 4.69) is 31.7 Å². The first-order valence-electron chi connectivity index (χ1n) is 10.3. The molecule has 0 radical (unpaired) electrons. The highest BCUT2D eigenvalue weighted by Crippen LogP contribution is 2.05. The fraction of sp³-hybridized carbons (Fsp3) is 0.200. The number of aliphatic hydroxyl groups excluding tert-OH is 1. The van der Waals surface area contributed by atoms with Crippen molar-refractivity contribution in [2.75, 3.05) is 29.6 Å². The van der Waals surface area contributed by atoms with Crippen LogP contribution in [0, 0.1) is 6.92 Å². The monoisotopic (exact) mass is 487 g/mol. The van der Waals surface area contributed by atoms with Crippen LogP contribution in [0.25, 0.3) is 0 Å². The number of benzene rings is 3. The van der Waals surface area contributed by atoms with E-state index in [1.165, 1.54) is 23.3 Å². The van der Waals surface area contributed by atoms with Crippen LogP contribution in [0.5, 0.6) is 0 Å². The number of hydrogen-bond acceptors (Lipinski definition) is 7. The molecule has 184 valence electrons. The van der Waals surface area contributed by atoms with Crippen LogP contribution < -0.4 is 17.2 Å². The van der Waals surface area contributed by atoms with E-state index in [1.54, 1.807) is 36.4 Å². The highest BCUT2D eigenvalue weighted by molar-refractivity contribution is 7.80. The maximum atomic E-state index is 10.3. The number of carboxylic acids is 2. The molecule has 0 fully saturated rings. The first-order chi connectivity index (χ1) is 16.1. The minimum atomic E-state index is -0.931. The topological polar surface area (TPSA) is 173 Å². The number of rotatable bonds is 5. The van der Waals surface area contributed by atoms with Crippen LogP contribution in [-0.4, -0.2) is 39.6 Å². The fourth-order valence-electron chi connectivity index (χ4n) is 2.10. The maximum Gasteiger partial charge on any atom is 0.335 e. The molecule has 0 unspecified atom stereocenters. The summed E-state index contributed by atoms with van der Waals surface area (Å²) in [7, 11) is 0. The third kappa shape index (κ3) is 16.0. The fourth-order valence-corrected chi connectivity index (χ4v) is 2.29. The third-order valence-corrected chi connectivity index (χ3v) is 4.16. The Morgan fingerprint density at radius 1 is 0.765 bits per heavy atom. The number of thiol groups is 1. The summed E-state index contributed by atoms with van der Waals surface area (Å²) < 4.78 is 0. The van der Waals surface area contributed by atoms with Gasteiger partial charge in [-0.3, -0.25) is 4.79 Å². The SMILES string of the molecule is Cc1ccc(CCO)cc1.Nc1ccc(C(=O)O)cc1.Nc1ccc(N)cc1.O=C(O)CCS. The number of aliphatic carboxylic acids is 1. The first kappa shape index (κ1) is 30.3. The Morgan fingerprint density at radius 3 is 1.47 bits per heavy atom. The molecule has 0 bridgehead atoms. The molecule has 3 rings (SSSR count). The Hall–Kier alpha value is -3.69. The van der Waals surface area contributed by atoms with Gasteiger partial charge in [0.2, 0.25) is 0 Å². The van der Waals surface area contributed by atoms with Crippen LogP contribution >= 0.6 is 12.6 Å². The van der Waals surface area contributed by atoms with Gasteiger partial charge in [-0.25, -0.2) is 4.79 Å². The van der Waals surface area contributed by atoms with E-state index in [1.807, 2.05) is 12.1 Å². The zero-order chi connectivity index (χ0) is 25.9. The molecular formula is C25H33N3O5S. The molecule has 0 saturated carbocycles. The van der Waals surface area contributed by atoms with Crippen molar-refractivity contribution in [3.8, 4) is 0 Å². The summed E-state index contributed by atoms with van der Waals surface area (Å²) in [5.41, 5.74) is 20.9. The Balaban J connectivity index is 0.000000435. The largest absolute Gasteiger partial charge is 0.481 e. The Kier molecular flexibility index (Phi) is 15.9. The lowest BCUT2D eigenvalue weighted by Gasteiger charge is -1.96. The van der Waals surface area contributed by atoms with Gasteiger partial charge in [-0.05, 0) is 67.4 Å². The summed E-state index contributed by atoms with van der Waals surface area (Å²) in [6.07, 6.45) is 0.920. The normalized spacial score (nSPS) is 9.15. The van der Waals surface area contributed by atoms with Gasteiger partial charge < -0.3 is 32.5 Å². The van der Waals surface area contributed by atoms with Gasteiger partial charge in [-0.1, -0.05) is 29.8 Å². The van der Waals surface area contributed by atoms with Crippen LogP contribution in [0.4, 0.5) is 17.1 Å². The number of carboxylic acid groups (broad SMARTS) is 2. The zero-order valence-corrected chi connectivity index (χ0v) is 20.0. The van der Waals surface area contributed by atoms with Gasteiger partial charge in [0.15, 0.2) is 0 Å². The van der Waals surface area contributed by atoms with Gasteiger partial charge in [0, 0.05) is 29.4 Å². The van der Waals surface area contributed by atoms with Gasteiger partial charge in [0.05, 0.1) is 12.0 Å². The third-order valence-electron chi connectivity index (χ3n) is 3.94. The number of carbonyl (C=O) groups is 2. The molecule has 0 saturated heterocycles. The van der Waals surface area contributed by atoms with Crippen molar-refractivity contribution >= 4 is 41.6 Å². The van der Waals surface area contributed by atoms with Crippen molar-refractivity contribution in [2.24, 2.45) is 0 Å². The van der Waals surface area contributed by atoms with Gasteiger partial charge in [-0.15, -0.1) is 0 Å². The lowest BCUT2D eigenvalue weighted by atomic mass is 10.1. The minimum Gasteiger partial charge on any atom is -0.481 e. The van der Waals surface area contributed by atoms with Crippen LogP contribution in [0.1, 0.15) is 27.9 Å². The molecule has 34 heavy (non-hydrogen) atoms. The van der Waals surface area contributed by atoms with Crippen molar-refractivity contribution in [1.82, 2.24) is 0 Å². The second-order valence-electron chi connectivity index (χ2n) is 6.92. The molecule has 9 heteroatoms. The molecule has 0 spiro atoms. The smallest absolute Gasteiger partial charge is 0.335 e. The number of nitrogen functional groups attached to an aromatic ring is 3. The molecule has 0 aliphatic rings. The van der Waals surface area contributed by atoms with Crippen molar-refractivity contribution in [3.05, 3.63) is 89.5 Å². The van der Waals surface area contributed by atoms with E-state index in [0.717, 1.165) is 17.8 Å². The highest BCUT2D eigenvalue weighted by atomic mass is 32.1. The molecule has 3 aromatic carbocycles. The van der Waals surface area contributed by atoms with E-state index < -0.39 is 11.9 Å². The molecule has 8 nitrogen and oxygen atoms in total. The molecular weight excluding hydrogens is 454 g/mol. The molecule has 0 aromatic heterocycles. The van der Waals surface area contributed by atoms with E-state index in [9.17, 15) is 9.59 Å². The standard InChI is InChI=1S/C9H12O.C7H7NO2.C6H8N2.C3H6O2S/c1-8-2-4-9(5-3-8)6-7-10;8-6-3-1-5(2-4-6)7(9)10;7-5-1-2-6(8)4-3-5;4-3(5)1-2-6/h2-5,10H,6-7H2,1H3;1-4H,8H2,(H,9,10);1-4H,7-8H2;6H,1-2H2,(H,4,5). The quantitative estimate of drug-likeness (QED) is 0.210. The van der Waals surface area contributed by atoms with E-state index in [4.69, 9.17) is 32.5 Å². The molecule has 3 aromatic rings. The van der Waals surface area contributed by atoms with E-state index in [-0.39, 0.29) is 18.6 Å². The minimum absolute atomic E-state index is 0.156. The molecule has 0 amide bonds. The predicted octanol–water partition coefficient (Wildman–Crippen LogP) is 3.74. The van der Waals surface area contributed by atoms with Gasteiger partial charge in [-0.2, -0.15) is 12.6 Å². The molecule has 0 aliphatic heterocycles. The van der Waals surface area contributed by atoms with Crippen molar-refractivity contribution in [2.45, 2.75) is 19.8 Å².